The number of pyridine rings is 1. The molecule has 0 aliphatic heterocycles. The average molecular weight is 480 g/mol. The van der Waals surface area contributed by atoms with Crippen LogP contribution in [0.5, 0.6) is 5.75 Å². The van der Waals surface area contributed by atoms with Crippen molar-refractivity contribution in [3.8, 4) is 5.75 Å². The molecule has 0 aromatic carbocycles. The van der Waals surface area contributed by atoms with E-state index in [0.29, 0.717) is 41.0 Å². The molecular formula is C24H41N5O5. The first-order valence-electron chi connectivity index (χ1n) is 11.7. The summed E-state index contributed by atoms with van der Waals surface area (Å²) in [5.74, 6) is 7.14. The largest absolute Gasteiger partial charge is 0.495 e. The van der Waals surface area contributed by atoms with Crippen molar-refractivity contribution in [3.63, 3.8) is 0 Å². The summed E-state index contributed by atoms with van der Waals surface area (Å²) >= 11 is 0. The molecule has 1 amide bonds. The Hall–Kier alpha value is -3.01. The van der Waals surface area contributed by atoms with E-state index >= 15 is 0 Å². The number of amides is 1. The maximum atomic E-state index is 12.2. The lowest BCUT2D eigenvalue weighted by Crippen LogP contribution is -2.37. The van der Waals surface area contributed by atoms with E-state index in [9.17, 15) is 4.79 Å². The maximum absolute atomic E-state index is 12.2. The molecule has 0 radical (unpaired) electrons. The van der Waals surface area contributed by atoms with Crippen molar-refractivity contribution in [3.05, 3.63) is 29.2 Å². The molecule has 3 rings (SSSR count). The highest BCUT2D eigenvalue weighted by molar-refractivity contribution is 5.68. The van der Waals surface area contributed by atoms with Gasteiger partial charge in [0, 0.05) is 20.6 Å². The van der Waals surface area contributed by atoms with Crippen LogP contribution in [-0.2, 0) is 9.53 Å². The number of carbonyl (C=O) groups excluding carboxylic acids is 1. The number of carbonyl (C=O) groups is 2. The zero-order valence-corrected chi connectivity index (χ0v) is 21.0. The number of ether oxygens (including phenoxy) is 2. The van der Waals surface area contributed by atoms with Crippen LogP contribution in [0.4, 0.5) is 4.79 Å². The van der Waals surface area contributed by atoms with Gasteiger partial charge < -0.3 is 30.2 Å². The molecule has 34 heavy (non-hydrogen) atoms. The lowest BCUT2D eigenvalue weighted by molar-refractivity contribution is -0.122. The fourth-order valence-corrected chi connectivity index (χ4v) is 3.69. The maximum Gasteiger partial charge on any atom is 0.409 e. The number of carboxylic acid groups (broad SMARTS) is 1. The minimum atomic E-state index is -0.386. The molecule has 0 atom stereocenters. The van der Waals surface area contributed by atoms with Gasteiger partial charge in [-0.2, -0.15) is 0 Å². The van der Waals surface area contributed by atoms with E-state index < -0.39 is 0 Å². The van der Waals surface area contributed by atoms with Gasteiger partial charge in [-0.15, -0.1) is 0 Å². The molecular weight excluding hydrogens is 438 g/mol. The predicted molar refractivity (Wildman–Crippen MR) is 132 cm³/mol. The quantitative estimate of drug-likeness (QED) is 0.304. The molecule has 1 aromatic rings. The van der Waals surface area contributed by atoms with Gasteiger partial charge in [-0.1, -0.05) is 38.5 Å². The number of hydrogen-bond acceptors (Lipinski definition) is 8. The Kier molecular flexibility index (Phi) is 13.5. The number of aryl methyl sites for hydroxylation is 1. The first-order valence-corrected chi connectivity index (χ1v) is 11.7. The molecule has 1 heterocycles. The lowest BCUT2D eigenvalue weighted by atomic mass is 9.85. The third kappa shape index (κ3) is 9.86. The van der Waals surface area contributed by atoms with E-state index in [0.717, 1.165) is 0 Å². The van der Waals surface area contributed by atoms with Crippen LogP contribution in [-0.4, -0.2) is 66.9 Å². The smallest absolute Gasteiger partial charge is 0.409 e. The molecule has 2 fully saturated rings. The van der Waals surface area contributed by atoms with Crippen molar-refractivity contribution in [2.24, 2.45) is 17.5 Å². The third-order valence-corrected chi connectivity index (χ3v) is 5.92. The third-order valence-electron chi connectivity index (χ3n) is 5.92. The normalized spacial score (nSPS) is 15.3. The van der Waals surface area contributed by atoms with Gasteiger partial charge in [0.15, 0.2) is 0 Å². The van der Waals surface area contributed by atoms with Crippen LogP contribution in [0.3, 0.4) is 0 Å². The molecule has 5 N–H and O–H groups in total. The summed E-state index contributed by atoms with van der Waals surface area (Å²) < 4.78 is 10.6. The number of hydrogen-bond donors (Lipinski definition) is 3. The van der Waals surface area contributed by atoms with Gasteiger partial charge in [-0.05, 0) is 37.8 Å². The first kappa shape index (κ1) is 29.0. The number of nitrogens with two attached hydrogens (primary N) is 2. The highest BCUT2D eigenvalue weighted by Gasteiger charge is 2.22. The Balaban J connectivity index is 0.000000614. The number of hydrazine groups is 1. The Labute approximate surface area is 202 Å². The SMILES string of the molecule is C1CCCC1.COc1ccc(/C(N)=C(\COC(=O)N(C)CC2CCC2)N(C)N)nc1C.O=CO. The molecule has 2 saturated carbocycles. The first-order chi connectivity index (χ1) is 16.2. The summed E-state index contributed by atoms with van der Waals surface area (Å²) in [7, 11) is 4.97. The lowest BCUT2D eigenvalue weighted by Gasteiger charge is -2.30. The molecule has 1 aromatic heterocycles. The number of likely N-dealkylation sites (N-methyl/N-ethyl adjacent to an activating group) is 1. The van der Waals surface area contributed by atoms with Crippen molar-refractivity contribution in [2.45, 2.75) is 58.3 Å². The highest BCUT2D eigenvalue weighted by Crippen LogP contribution is 2.27. The molecule has 0 spiro atoms. The molecule has 0 saturated heterocycles. The average Bonchev–Trinajstić information content (AvgIpc) is 3.36. The minimum absolute atomic E-state index is 0.0283. The zero-order valence-electron chi connectivity index (χ0n) is 21.0. The molecule has 10 heteroatoms. The van der Waals surface area contributed by atoms with Crippen molar-refractivity contribution in [1.82, 2.24) is 14.9 Å². The van der Waals surface area contributed by atoms with E-state index in [2.05, 4.69) is 4.98 Å². The molecule has 0 unspecified atom stereocenters. The minimum Gasteiger partial charge on any atom is -0.495 e. The second-order valence-electron chi connectivity index (χ2n) is 8.56. The van der Waals surface area contributed by atoms with Gasteiger partial charge in [-0.3, -0.25) is 4.79 Å². The van der Waals surface area contributed by atoms with Crippen LogP contribution in [0.15, 0.2) is 17.8 Å². The molecule has 0 bridgehead atoms. The number of rotatable bonds is 7. The van der Waals surface area contributed by atoms with Crippen LogP contribution in [0, 0.1) is 12.8 Å². The van der Waals surface area contributed by atoms with Gasteiger partial charge in [0.05, 0.1) is 29.9 Å². The van der Waals surface area contributed by atoms with Crippen LogP contribution < -0.4 is 16.3 Å². The predicted octanol–water partition coefficient (Wildman–Crippen LogP) is 3.35. The summed E-state index contributed by atoms with van der Waals surface area (Å²) in [6.45, 7) is 2.27. The summed E-state index contributed by atoms with van der Waals surface area (Å²) in [4.78, 5) is 26.6. The van der Waals surface area contributed by atoms with E-state index in [4.69, 9.17) is 31.0 Å². The summed E-state index contributed by atoms with van der Waals surface area (Å²) in [5.41, 5.74) is 8.32. The van der Waals surface area contributed by atoms with Crippen molar-refractivity contribution in [2.75, 3.05) is 34.4 Å². The Morgan fingerprint density at radius 3 is 2.15 bits per heavy atom. The summed E-state index contributed by atoms with van der Waals surface area (Å²) in [6.07, 6.45) is 10.7. The molecule has 2 aliphatic rings. The number of methoxy groups -OCH3 is 1. The van der Waals surface area contributed by atoms with Crippen LogP contribution in [0.25, 0.3) is 5.70 Å². The van der Waals surface area contributed by atoms with Gasteiger partial charge in [0.25, 0.3) is 6.47 Å². The van der Waals surface area contributed by atoms with Crippen molar-refractivity contribution >= 4 is 18.3 Å². The zero-order chi connectivity index (χ0) is 25.5. The van der Waals surface area contributed by atoms with Gasteiger partial charge in [-0.25, -0.2) is 15.6 Å². The van der Waals surface area contributed by atoms with E-state index in [1.807, 2.05) is 6.92 Å². The summed E-state index contributed by atoms with van der Waals surface area (Å²) in [5, 5.41) is 8.23. The van der Waals surface area contributed by atoms with Gasteiger partial charge >= 0.3 is 6.09 Å². The van der Waals surface area contributed by atoms with E-state index in [1.54, 1.807) is 38.2 Å². The van der Waals surface area contributed by atoms with E-state index in [-0.39, 0.29) is 19.2 Å². The highest BCUT2D eigenvalue weighted by atomic mass is 16.6. The second-order valence-corrected chi connectivity index (χ2v) is 8.56. The number of nitrogens with zero attached hydrogens (tertiary/aromatic N) is 3. The number of aromatic nitrogens is 1. The van der Waals surface area contributed by atoms with Crippen molar-refractivity contribution in [1.29, 1.82) is 0 Å². The van der Waals surface area contributed by atoms with Crippen LogP contribution in [0.2, 0.25) is 0 Å². The van der Waals surface area contributed by atoms with E-state index in [1.165, 1.54) is 56.4 Å². The molecule has 2 aliphatic carbocycles. The fraction of sp³-hybridized carbons (Fsp3) is 0.625. The van der Waals surface area contributed by atoms with Crippen LogP contribution >= 0.6 is 0 Å². The summed E-state index contributed by atoms with van der Waals surface area (Å²) in [6, 6.07) is 3.53. The Morgan fingerprint density at radius 2 is 1.74 bits per heavy atom. The second kappa shape index (κ2) is 15.8. The molecule has 192 valence electrons. The van der Waals surface area contributed by atoms with Crippen molar-refractivity contribution < 1.29 is 24.2 Å². The van der Waals surface area contributed by atoms with Gasteiger partial charge in [0.2, 0.25) is 0 Å². The standard InChI is InChI=1S/C18H29N5O3.C5H10.CH2O2/c1-12-16(25-4)9-8-14(21-12)17(19)15(23(3)20)11-26-18(24)22(2)10-13-6-5-7-13;1-2-4-5-3-1;2-1-3/h8-9,13H,5-7,10-11,19-20H2,1-4H3;1-5H2;1H,(H,2,3)/b17-15-;;. The fourth-order valence-electron chi connectivity index (χ4n) is 3.69. The van der Waals surface area contributed by atoms with Gasteiger partial charge in [0.1, 0.15) is 12.4 Å². The Bertz CT molecular complexity index is 784. The molecule has 10 nitrogen and oxygen atoms in total. The Morgan fingerprint density at radius 1 is 1.18 bits per heavy atom. The monoisotopic (exact) mass is 479 g/mol. The topological polar surface area (TPSA) is 144 Å². The van der Waals surface area contributed by atoms with Crippen LogP contribution in [0.1, 0.15) is 62.8 Å².